The Balaban J connectivity index is 0. The number of amides is 2. The molecule has 12 heteroatoms. The van der Waals surface area contributed by atoms with E-state index >= 15 is 0 Å². The van der Waals surface area contributed by atoms with Crippen molar-refractivity contribution in [3.05, 3.63) is 0 Å². The summed E-state index contributed by atoms with van der Waals surface area (Å²) >= 11 is 0. The zero-order valence-corrected chi connectivity index (χ0v) is 24.8. The first kappa shape index (κ1) is 39.4. The van der Waals surface area contributed by atoms with Gasteiger partial charge in [-0.25, -0.2) is 9.59 Å². The van der Waals surface area contributed by atoms with E-state index in [4.69, 9.17) is 24.8 Å². The number of nitrogens with one attached hydrogen (secondary N) is 2. The Morgan fingerprint density at radius 1 is 0.725 bits per heavy atom. The highest BCUT2D eigenvalue weighted by Gasteiger charge is 2.32. The number of carboxylic acid groups (broad SMARTS) is 1. The van der Waals surface area contributed by atoms with Crippen LogP contribution in [-0.2, 0) is 23.9 Å². The number of aliphatic carboxylic acids is 1. The molecule has 0 aliphatic heterocycles. The molecule has 0 radical (unpaired) electrons. The zero-order valence-electron chi connectivity index (χ0n) is 24.8. The van der Waals surface area contributed by atoms with Crippen molar-refractivity contribution < 1.29 is 48.8 Å². The number of ether oxygens (including phenoxy) is 2. The third-order valence-corrected chi connectivity index (χ3v) is 4.80. The molecule has 0 spiro atoms. The minimum Gasteiger partial charge on any atom is -0.481 e. The fourth-order valence-corrected chi connectivity index (χ4v) is 2.91. The molecule has 3 rings (SSSR count). The highest BCUT2D eigenvalue weighted by atomic mass is 16.6. The fraction of sp³-hybridized carbons (Fsp3) is 0.821. The maximum atomic E-state index is 11.2. The standard InChI is InChI=1S/C9H17NO3.C9H15NO3.C5H6O3.C4H10O.CH4/c2*1-9(2,3)13-8(12)10-6-4-7(11)5-6;6-4-1-3(2-4)5(7)8;1-4(2,3)5;/h6-7,11H,4-5H2,1-3H3,(H,10,12);6H,4-5H2,1-3H3,(H,10,12);3H,1-2H2,(H,7,8);5H,1-3H3;1H4. The van der Waals surface area contributed by atoms with Gasteiger partial charge in [-0.15, -0.1) is 0 Å². The monoisotopic (exact) mass is 576 g/mol. The van der Waals surface area contributed by atoms with Crippen LogP contribution in [0, 0.1) is 5.92 Å². The summed E-state index contributed by atoms with van der Waals surface area (Å²) in [6.45, 7) is 16.1. The highest BCUT2D eigenvalue weighted by molar-refractivity contribution is 5.93. The molecule has 0 aromatic rings. The lowest BCUT2D eigenvalue weighted by Crippen LogP contribution is -2.48. The number of carboxylic acids is 1. The number of rotatable bonds is 3. The van der Waals surface area contributed by atoms with Crippen LogP contribution in [0.15, 0.2) is 0 Å². The Bertz CT molecular complexity index is 825. The van der Waals surface area contributed by atoms with Crippen molar-refractivity contribution in [2.24, 2.45) is 5.92 Å². The summed E-state index contributed by atoms with van der Waals surface area (Å²) in [5.74, 6) is -0.953. The zero-order chi connectivity index (χ0) is 30.8. The van der Waals surface area contributed by atoms with E-state index in [2.05, 4.69) is 10.6 Å². The quantitative estimate of drug-likeness (QED) is 0.331. The maximum absolute atomic E-state index is 11.2. The molecule has 12 nitrogen and oxygen atoms in total. The van der Waals surface area contributed by atoms with Gasteiger partial charge in [0.15, 0.2) is 0 Å². The number of hydrogen-bond acceptors (Lipinski definition) is 9. The third kappa shape index (κ3) is 22.1. The van der Waals surface area contributed by atoms with E-state index < -0.39 is 35.0 Å². The third-order valence-electron chi connectivity index (χ3n) is 4.80. The first-order valence-corrected chi connectivity index (χ1v) is 13.1. The number of hydrogen-bond donors (Lipinski definition) is 5. The lowest BCUT2D eigenvalue weighted by molar-refractivity contribution is -0.149. The summed E-state index contributed by atoms with van der Waals surface area (Å²) < 4.78 is 10.1. The molecule has 0 atom stereocenters. The van der Waals surface area contributed by atoms with Gasteiger partial charge in [0.05, 0.1) is 17.6 Å². The number of carbonyl (C=O) groups is 5. The lowest BCUT2D eigenvalue weighted by atomic mass is 9.84. The topological polar surface area (TPSA) is 189 Å². The Labute approximate surface area is 238 Å². The predicted octanol–water partition coefficient (Wildman–Crippen LogP) is 3.74. The second-order valence-corrected chi connectivity index (χ2v) is 12.9. The maximum Gasteiger partial charge on any atom is 0.407 e. The molecule has 2 amide bonds. The molecule has 0 bridgehead atoms. The van der Waals surface area contributed by atoms with Gasteiger partial charge in [-0.2, -0.15) is 0 Å². The average molecular weight is 577 g/mol. The number of ketones is 2. The molecule has 0 unspecified atom stereocenters. The van der Waals surface area contributed by atoms with Crippen LogP contribution in [0.3, 0.4) is 0 Å². The van der Waals surface area contributed by atoms with Crippen LogP contribution in [0.4, 0.5) is 9.59 Å². The van der Waals surface area contributed by atoms with E-state index in [1.165, 1.54) is 0 Å². The van der Waals surface area contributed by atoms with Crippen LogP contribution in [0.25, 0.3) is 0 Å². The SMILES string of the molecule is C.CC(C)(C)O.CC(C)(C)OC(=O)NC1CC(=O)C1.CC(C)(C)OC(=O)NC1CC(O)C1.O=C1CC(C(=O)O)C1. The van der Waals surface area contributed by atoms with Crippen molar-refractivity contribution in [1.29, 1.82) is 0 Å². The summed E-state index contributed by atoms with van der Waals surface area (Å²) in [7, 11) is 0. The molecule has 3 fully saturated rings. The number of alkyl carbamates (subject to hydrolysis) is 2. The van der Waals surface area contributed by atoms with Gasteiger partial charge in [0.25, 0.3) is 0 Å². The number of aliphatic hydroxyl groups excluding tert-OH is 1. The Morgan fingerprint density at radius 2 is 1.05 bits per heavy atom. The molecule has 234 valence electrons. The number of carbonyl (C=O) groups excluding carboxylic acids is 4. The second kappa shape index (κ2) is 16.5. The molecule has 40 heavy (non-hydrogen) atoms. The largest absolute Gasteiger partial charge is 0.481 e. The van der Waals surface area contributed by atoms with Crippen molar-refractivity contribution in [3.63, 3.8) is 0 Å². The molecular weight excluding hydrogens is 524 g/mol. The number of aliphatic hydroxyl groups is 2. The summed E-state index contributed by atoms with van der Waals surface area (Å²) in [4.78, 5) is 53.0. The minimum absolute atomic E-state index is 0. The van der Waals surface area contributed by atoms with E-state index in [0.717, 1.165) is 0 Å². The molecule has 3 aliphatic rings. The molecule has 0 saturated heterocycles. The highest BCUT2D eigenvalue weighted by Crippen LogP contribution is 2.22. The second-order valence-electron chi connectivity index (χ2n) is 12.9. The Morgan fingerprint density at radius 3 is 1.27 bits per heavy atom. The molecule has 0 aromatic carbocycles. The van der Waals surface area contributed by atoms with E-state index in [9.17, 15) is 24.0 Å². The van der Waals surface area contributed by atoms with Crippen molar-refractivity contribution in [1.82, 2.24) is 10.6 Å². The van der Waals surface area contributed by atoms with Crippen LogP contribution >= 0.6 is 0 Å². The molecular formula is C28H52N2O10. The molecule has 0 aromatic heterocycles. The van der Waals surface area contributed by atoms with E-state index in [1.54, 1.807) is 41.5 Å². The Kier molecular flexibility index (Phi) is 16.3. The van der Waals surface area contributed by atoms with Gasteiger partial charge in [-0.3, -0.25) is 14.4 Å². The van der Waals surface area contributed by atoms with Crippen LogP contribution in [-0.4, -0.2) is 80.0 Å². The van der Waals surface area contributed by atoms with E-state index in [1.807, 2.05) is 20.8 Å². The van der Waals surface area contributed by atoms with E-state index in [-0.39, 0.29) is 55.9 Å². The normalized spacial score (nSPS) is 20.4. The lowest BCUT2D eigenvalue weighted by Gasteiger charge is -2.32. The first-order valence-electron chi connectivity index (χ1n) is 13.1. The Hall–Kier alpha value is -2.73. The van der Waals surface area contributed by atoms with Gasteiger partial charge in [-0.05, 0) is 75.2 Å². The van der Waals surface area contributed by atoms with Crippen LogP contribution < -0.4 is 10.6 Å². The minimum atomic E-state index is -0.843. The van der Waals surface area contributed by atoms with Crippen LogP contribution in [0.1, 0.15) is 108 Å². The van der Waals surface area contributed by atoms with Crippen molar-refractivity contribution in [2.75, 3.05) is 0 Å². The predicted molar refractivity (Wildman–Crippen MR) is 150 cm³/mol. The smallest absolute Gasteiger partial charge is 0.407 e. The summed E-state index contributed by atoms with van der Waals surface area (Å²) in [6, 6.07) is 0.0761. The van der Waals surface area contributed by atoms with Gasteiger partial charge >= 0.3 is 18.2 Å². The molecule has 5 N–H and O–H groups in total. The fourth-order valence-electron chi connectivity index (χ4n) is 2.91. The molecule has 3 saturated carbocycles. The molecule has 3 aliphatic carbocycles. The molecule has 0 heterocycles. The van der Waals surface area contributed by atoms with Gasteiger partial charge in [0.2, 0.25) is 0 Å². The van der Waals surface area contributed by atoms with E-state index in [0.29, 0.717) is 25.7 Å². The van der Waals surface area contributed by atoms with Gasteiger partial charge in [0.1, 0.15) is 22.8 Å². The summed E-state index contributed by atoms with van der Waals surface area (Å²) in [6.07, 6.45) is 1.57. The average Bonchev–Trinajstić information content (AvgIpc) is 2.59. The van der Waals surface area contributed by atoms with Crippen LogP contribution in [0.5, 0.6) is 0 Å². The van der Waals surface area contributed by atoms with Gasteiger partial charge in [-0.1, -0.05) is 7.43 Å². The van der Waals surface area contributed by atoms with Gasteiger partial charge < -0.3 is 35.4 Å². The van der Waals surface area contributed by atoms with Crippen molar-refractivity contribution >= 4 is 29.7 Å². The van der Waals surface area contributed by atoms with Crippen LogP contribution in [0.2, 0.25) is 0 Å². The van der Waals surface area contributed by atoms with Gasteiger partial charge in [0, 0.05) is 37.8 Å². The van der Waals surface area contributed by atoms with Crippen molar-refractivity contribution in [3.8, 4) is 0 Å². The van der Waals surface area contributed by atoms with Crippen molar-refractivity contribution in [2.45, 2.75) is 143 Å². The number of Topliss-reactive ketones (excluding diaryl/α,β-unsaturated/α-hetero) is 2. The summed E-state index contributed by atoms with van der Waals surface area (Å²) in [5.41, 5.74) is -1.43. The first-order chi connectivity index (χ1) is 17.4. The summed E-state index contributed by atoms with van der Waals surface area (Å²) in [5, 5.41) is 31.0.